The Labute approximate surface area is 201 Å². The molecule has 0 aliphatic carbocycles. The molecule has 3 aromatic rings. The molecule has 3 rings (SSSR count). The number of pyridine rings is 2. The monoisotopic (exact) mass is 538 g/mol. The van der Waals surface area contributed by atoms with E-state index in [1.807, 2.05) is 0 Å². The minimum atomic E-state index is -4.74. The molecule has 8 nitrogen and oxygen atoms in total. The zero-order valence-corrected chi connectivity index (χ0v) is 18.6. The summed E-state index contributed by atoms with van der Waals surface area (Å²) in [6, 6.07) is 2.68. The van der Waals surface area contributed by atoms with E-state index in [4.69, 9.17) is 23.2 Å². The summed E-state index contributed by atoms with van der Waals surface area (Å²) in [4.78, 5) is 32.8. The van der Waals surface area contributed by atoms with Gasteiger partial charge in [-0.3, -0.25) is 19.4 Å². The molecule has 3 aromatic heterocycles. The van der Waals surface area contributed by atoms with Crippen LogP contribution in [0.4, 0.5) is 32.2 Å². The second-order valence-corrected chi connectivity index (χ2v) is 7.69. The van der Waals surface area contributed by atoms with Crippen LogP contribution >= 0.6 is 23.2 Å². The number of rotatable bonds is 4. The maximum absolute atomic E-state index is 13.0. The summed E-state index contributed by atoms with van der Waals surface area (Å²) in [7, 11) is 1.17. The molecule has 0 aromatic carbocycles. The van der Waals surface area contributed by atoms with Crippen LogP contribution < -0.4 is 16.3 Å². The topological polar surface area (TPSA) is 96.8 Å². The van der Waals surface area contributed by atoms with Gasteiger partial charge in [0.25, 0.3) is 5.56 Å². The Kier molecular flexibility index (Phi) is 6.87. The van der Waals surface area contributed by atoms with Crippen molar-refractivity contribution in [1.29, 1.82) is 5.26 Å². The van der Waals surface area contributed by atoms with Crippen molar-refractivity contribution >= 4 is 29.0 Å². The molecular formula is C19H10Cl2F6N6O2. The first-order valence-corrected chi connectivity index (χ1v) is 9.85. The van der Waals surface area contributed by atoms with Gasteiger partial charge in [0.15, 0.2) is 5.82 Å². The number of halogens is 8. The largest absolute Gasteiger partial charge is 0.417 e. The highest BCUT2D eigenvalue weighted by Crippen LogP contribution is 2.33. The molecule has 0 bridgehead atoms. The maximum Gasteiger partial charge on any atom is 0.417 e. The summed E-state index contributed by atoms with van der Waals surface area (Å²) in [5.74, 6) is -0.332. The lowest BCUT2D eigenvalue weighted by atomic mass is 10.2. The Morgan fingerprint density at radius 1 is 1.00 bits per heavy atom. The van der Waals surface area contributed by atoms with Crippen LogP contribution in [0.5, 0.6) is 0 Å². The van der Waals surface area contributed by atoms with Crippen molar-refractivity contribution in [1.82, 2.24) is 19.2 Å². The number of nitrogens with zero attached hydrogens (tertiary/aromatic N) is 6. The van der Waals surface area contributed by atoms with E-state index in [0.29, 0.717) is 33.8 Å². The number of hydrogen-bond donors (Lipinski definition) is 0. The molecule has 0 N–H and O–H groups in total. The average molecular weight is 539 g/mol. The van der Waals surface area contributed by atoms with Gasteiger partial charge in [-0.15, -0.1) is 0 Å². The van der Waals surface area contributed by atoms with E-state index >= 15 is 0 Å². The van der Waals surface area contributed by atoms with Crippen LogP contribution in [0.25, 0.3) is 0 Å². The van der Waals surface area contributed by atoms with E-state index in [-0.39, 0.29) is 11.5 Å². The van der Waals surface area contributed by atoms with Crippen molar-refractivity contribution in [3.8, 4) is 6.07 Å². The summed E-state index contributed by atoms with van der Waals surface area (Å²) in [5, 5.41) is 9.18. The van der Waals surface area contributed by atoms with Crippen LogP contribution in [0.1, 0.15) is 22.4 Å². The average Bonchev–Trinajstić information content (AvgIpc) is 2.76. The van der Waals surface area contributed by atoms with Gasteiger partial charge in [-0.05, 0) is 12.1 Å². The SMILES string of the molecule is CN(c1ncc(C(F)(F)F)cc1Cl)n1cc(C#N)c(=O)n(Cc2ncc(C(F)(F)F)cc2Cl)c1=O. The molecule has 0 fully saturated rings. The molecule has 0 aliphatic rings. The fourth-order valence-corrected chi connectivity index (χ4v) is 3.35. The molecule has 0 aliphatic heterocycles. The second-order valence-electron chi connectivity index (χ2n) is 6.87. The third kappa shape index (κ3) is 5.25. The van der Waals surface area contributed by atoms with Gasteiger partial charge in [0, 0.05) is 19.4 Å². The van der Waals surface area contributed by atoms with Crippen LogP contribution in [0.15, 0.2) is 40.3 Å². The predicted molar refractivity (Wildman–Crippen MR) is 111 cm³/mol. The van der Waals surface area contributed by atoms with Gasteiger partial charge >= 0.3 is 18.0 Å². The minimum Gasteiger partial charge on any atom is -0.268 e. The standard InChI is InChI=1S/C19H10Cl2F6N6O2/c1-31(15-13(21)3-11(6-30-15)19(25,26)27)33-7-9(4-28)16(34)32(17(33)35)8-14-12(20)2-10(5-29-14)18(22,23)24/h2-3,5-7H,8H2,1H3. The molecule has 0 amide bonds. The molecule has 0 radical (unpaired) electrons. The molecule has 0 unspecified atom stereocenters. The molecule has 35 heavy (non-hydrogen) atoms. The van der Waals surface area contributed by atoms with Crippen LogP contribution in [-0.4, -0.2) is 26.3 Å². The molecule has 184 valence electrons. The van der Waals surface area contributed by atoms with E-state index in [1.165, 1.54) is 7.05 Å². The van der Waals surface area contributed by atoms with E-state index in [1.54, 1.807) is 6.07 Å². The summed E-state index contributed by atoms with van der Waals surface area (Å²) >= 11 is 11.8. The van der Waals surface area contributed by atoms with E-state index in [9.17, 15) is 41.2 Å². The third-order valence-corrected chi connectivity index (χ3v) is 5.21. The fraction of sp³-hybridized carbons (Fsp3) is 0.211. The summed E-state index contributed by atoms with van der Waals surface area (Å²) in [6.07, 6.45) is -7.75. The lowest BCUT2D eigenvalue weighted by molar-refractivity contribution is -0.138. The van der Waals surface area contributed by atoms with Gasteiger partial charge < -0.3 is 0 Å². The highest BCUT2D eigenvalue weighted by molar-refractivity contribution is 6.33. The zero-order chi connectivity index (χ0) is 26.3. The molecule has 0 saturated heterocycles. The number of nitriles is 1. The highest BCUT2D eigenvalue weighted by atomic mass is 35.5. The summed E-state index contributed by atoms with van der Waals surface area (Å²) in [6.45, 7) is -0.716. The van der Waals surface area contributed by atoms with Crippen LogP contribution in [0.3, 0.4) is 0 Å². The minimum absolute atomic E-state index is 0.283. The Bertz CT molecular complexity index is 1460. The summed E-state index contributed by atoms with van der Waals surface area (Å²) in [5.41, 5.74) is -5.42. The van der Waals surface area contributed by atoms with Gasteiger partial charge in [-0.25, -0.2) is 14.5 Å². The highest BCUT2D eigenvalue weighted by Gasteiger charge is 2.33. The Morgan fingerprint density at radius 3 is 2.03 bits per heavy atom. The molecule has 0 saturated carbocycles. The smallest absolute Gasteiger partial charge is 0.268 e. The van der Waals surface area contributed by atoms with Crippen molar-refractivity contribution in [2.75, 3.05) is 12.1 Å². The van der Waals surface area contributed by atoms with Crippen molar-refractivity contribution in [3.05, 3.63) is 84.0 Å². The zero-order valence-electron chi connectivity index (χ0n) is 17.1. The molecule has 16 heteroatoms. The molecule has 0 atom stereocenters. The maximum atomic E-state index is 13.0. The normalized spacial score (nSPS) is 11.9. The Morgan fingerprint density at radius 2 is 1.54 bits per heavy atom. The number of anilines is 1. The predicted octanol–water partition coefficient (Wildman–Crippen LogP) is 3.96. The van der Waals surface area contributed by atoms with Gasteiger partial charge in [0.2, 0.25) is 0 Å². The van der Waals surface area contributed by atoms with E-state index < -0.39 is 56.9 Å². The van der Waals surface area contributed by atoms with Gasteiger partial charge in [0.1, 0.15) is 11.6 Å². The van der Waals surface area contributed by atoms with Crippen LogP contribution in [-0.2, 0) is 18.9 Å². The first-order chi connectivity index (χ1) is 16.1. The van der Waals surface area contributed by atoms with E-state index in [0.717, 1.165) is 11.2 Å². The molecule has 0 spiro atoms. The van der Waals surface area contributed by atoms with Crippen molar-refractivity contribution < 1.29 is 26.3 Å². The number of alkyl halides is 6. The first-order valence-electron chi connectivity index (χ1n) is 9.10. The van der Waals surface area contributed by atoms with Gasteiger partial charge in [-0.1, -0.05) is 23.2 Å². The van der Waals surface area contributed by atoms with Gasteiger partial charge in [0.05, 0.1) is 39.6 Å². The van der Waals surface area contributed by atoms with E-state index in [2.05, 4.69) is 9.97 Å². The van der Waals surface area contributed by atoms with Crippen molar-refractivity contribution in [2.45, 2.75) is 18.9 Å². The molecular weight excluding hydrogens is 529 g/mol. The Hall–Kier alpha value is -3.57. The Balaban J connectivity index is 2.11. The molecule has 3 heterocycles. The lowest BCUT2D eigenvalue weighted by Gasteiger charge is -2.23. The van der Waals surface area contributed by atoms with Crippen molar-refractivity contribution in [2.24, 2.45) is 0 Å². The second kappa shape index (κ2) is 9.23. The third-order valence-electron chi connectivity index (χ3n) is 4.61. The summed E-state index contributed by atoms with van der Waals surface area (Å²) < 4.78 is 78.4. The first kappa shape index (κ1) is 26.0. The van der Waals surface area contributed by atoms with Crippen LogP contribution in [0.2, 0.25) is 10.0 Å². The van der Waals surface area contributed by atoms with Crippen molar-refractivity contribution in [3.63, 3.8) is 0 Å². The number of aromatic nitrogens is 4. The quantitative estimate of drug-likeness (QED) is 0.466. The van der Waals surface area contributed by atoms with Crippen LogP contribution in [0, 0.1) is 11.3 Å². The fourth-order valence-electron chi connectivity index (χ4n) is 2.83. The van der Waals surface area contributed by atoms with Gasteiger partial charge in [-0.2, -0.15) is 31.6 Å². The number of hydrogen-bond acceptors (Lipinski definition) is 6. The lowest BCUT2D eigenvalue weighted by Crippen LogP contribution is -2.47.